The van der Waals surface area contributed by atoms with Crippen molar-refractivity contribution >= 4 is 37.2 Å². The van der Waals surface area contributed by atoms with E-state index in [4.69, 9.17) is 0 Å². The Morgan fingerprint density at radius 3 is 2.17 bits per heavy atom. The fourth-order valence-electron chi connectivity index (χ4n) is 0.0913. The van der Waals surface area contributed by atoms with E-state index in [1.807, 2.05) is 0 Å². The second kappa shape index (κ2) is 1.81. The second-order valence-electron chi connectivity index (χ2n) is 0.724. The molecule has 0 radical (unpaired) electrons. The zero-order chi connectivity index (χ0) is 4.57. The maximum Gasteiger partial charge on any atom is 0.0315 e. The molecule has 1 atom stereocenters. The van der Waals surface area contributed by atoms with Gasteiger partial charge < -0.3 is 0 Å². The Hall–Kier alpha value is 0.930. The zero-order valence-corrected chi connectivity index (χ0v) is 5.38. The third kappa shape index (κ3) is 1.21. The summed E-state index contributed by atoms with van der Waals surface area (Å²) in [7, 11) is 0. The van der Waals surface area contributed by atoms with Crippen LogP contribution >= 0.6 is 37.2 Å². The smallest absolute Gasteiger partial charge is 0.0315 e. The van der Waals surface area contributed by atoms with E-state index < -0.39 is 11.5 Å². The Bertz CT molecular complexity index is 50.8. The van der Waals surface area contributed by atoms with Crippen LogP contribution in [0.15, 0.2) is 0 Å². The molecular formula is H4N2OS3. The van der Waals surface area contributed by atoms with Crippen LogP contribution in [0.5, 0.6) is 0 Å². The lowest BCUT2D eigenvalue weighted by Crippen LogP contribution is -1.80. The van der Waals surface area contributed by atoms with Gasteiger partial charge in [0.25, 0.3) is 0 Å². The molecule has 0 spiro atoms. The molecule has 1 N–H and O–H groups in total. The summed E-state index contributed by atoms with van der Waals surface area (Å²) >= 11 is 6.99. The summed E-state index contributed by atoms with van der Waals surface area (Å²) in [5, 5.41) is 0. The van der Waals surface area contributed by atoms with E-state index in [1.165, 1.54) is 3.12 Å². The predicted molar refractivity (Wildman–Crippen MR) is 33.0 cm³/mol. The van der Waals surface area contributed by atoms with Crippen molar-refractivity contribution in [2.45, 2.75) is 0 Å². The van der Waals surface area contributed by atoms with Crippen LogP contribution in [0, 0.1) is 0 Å². The standard InChI is InChI=1S/H4N2OS3/c4-2(5)6-1-3-6/h1,4-6H. The minimum absolute atomic E-state index is 0.598. The molecule has 0 aromatic rings. The highest BCUT2D eigenvalue weighted by atomic mass is 32.3. The van der Waals surface area contributed by atoms with Gasteiger partial charge in [0, 0.05) is 11.5 Å². The summed E-state index contributed by atoms with van der Waals surface area (Å²) in [5.74, 6) is 0. The topological polar surface area (TPSA) is 37.7 Å². The Labute approximate surface area is 49.9 Å². The Morgan fingerprint density at radius 2 is 2.17 bits per heavy atom. The largest absolute Gasteiger partial charge is 0.213 e. The van der Waals surface area contributed by atoms with Gasteiger partial charge in [-0.3, -0.25) is 0 Å². The van der Waals surface area contributed by atoms with Gasteiger partial charge in [-0.05, 0) is 0 Å². The molecule has 38 valence electrons. The maximum atomic E-state index is 4.56. The molecule has 1 fully saturated rings. The Morgan fingerprint density at radius 1 is 1.67 bits per heavy atom. The molecule has 0 saturated carbocycles. The Balaban J connectivity index is 2.13. The molecule has 1 aliphatic rings. The van der Waals surface area contributed by atoms with Crippen molar-refractivity contribution < 1.29 is 4.28 Å². The van der Waals surface area contributed by atoms with Crippen LogP contribution in [0.3, 0.4) is 0 Å². The molecule has 1 unspecified atom stereocenters. The summed E-state index contributed by atoms with van der Waals surface area (Å²) in [6.07, 6.45) is 0. The normalized spacial score (nSPS) is 37.5. The summed E-state index contributed by atoms with van der Waals surface area (Å²) in [6, 6.07) is 0. The highest BCUT2D eigenvalue weighted by Gasteiger charge is 2.20. The molecule has 0 bridgehead atoms. The first-order chi connectivity index (χ1) is 2.80. The zero-order valence-electron chi connectivity index (χ0n) is 2.70. The number of rotatable bonds is 1. The molecule has 0 aromatic heterocycles. The third-order valence-corrected chi connectivity index (χ3v) is 1.98. The summed E-state index contributed by atoms with van der Waals surface area (Å²) < 4.78 is 5.96. The van der Waals surface area contributed by atoms with Crippen molar-refractivity contribution in [2.75, 3.05) is 0 Å². The van der Waals surface area contributed by atoms with Crippen molar-refractivity contribution in [3.05, 3.63) is 0 Å². The lowest BCUT2D eigenvalue weighted by Gasteiger charge is -1.96. The number of hydrogen-bond donors (Lipinski definition) is 4. The van der Waals surface area contributed by atoms with Gasteiger partial charge in [0.15, 0.2) is 0 Å². The van der Waals surface area contributed by atoms with Gasteiger partial charge in [-0.25, -0.2) is 4.28 Å². The first-order valence-corrected chi connectivity index (χ1v) is 3.22. The molecule has 1 heterocycles. The van der Waals surface area contributed by atoms with Crippen LogP contribution in [-0.4, -0.2) is 3.12 Å². The quantitative estimate of drug-likeness (QED) is 0.315. The van der Waals surface area contributed by atoms with Crippen molar-refractivity contribution in [2.24, 2.45) is 0 Å². The van der Waals surface area contributed by atoms with E-state index in [2.05, 4.69) is 34.8 Å². The molecule has 0 aromatic carbocycles. The summed E-state index contributed by atoms with van der Waals surface area (Å²) in [5.41, 5.74) is 0. The van der Waals surface area contributed by atoms with Gasteiger partial charge in [0.2, 0.25) is 0 Å². The number of hydrogen-bond acceptors (Lipinski definition) is 5. The van der Waals surface area contributed by atoms with Crippen LogP contribution in [0.1, 0.15) is 0 Å². The van der Waals surface area contributed by atoms with Gasteiger partial charge in [0.1, 0.15) is 0 Å². The summed E-state index contributed by atoms with van der Waals surface area (Å²) in [4.78, 5) is 2.57. The van der Waals surface area contributed by atoms with Crippen molar-refractivity contribution in [1.29, 1.82) is 0 Å². The lowest BCUT2D eigenvalue weighted by molar-refractivity contribution is 0.468. The second-order valence-corrected chi connectivity index (χ2v) is 3.78. The van der Waals surface area contributed by atoms with Crippen molar-refractivity contribution in [3.8, 4) is 0 Å². The van der Waals surface area contributed by atoms with Gasteiger partial charge in [-0.2, -0.15) is 0 Å². The molecule has 1 saturated heterocycles. The van der Waals surface area contributed by atoms with E-state index in [0.717, 1.165) is 0 Å². The number of thiol groups is 3. The van der Waals surface area contributed by atoms with Crippen LogP contribution in [-0.2, 0) is 4.28 Å². The molecule has 0 amide bonds. The number of nitrogens with one attached hydrogen (secondary N) is 1. The average Bonchev–Trinajstić information content (AvgIpc) is 2.06. The average molecular weight is 144 g/mol. The number of nitrogens with zero attached hydrogens (tertiary/aromatic N) is 1. The van der Waals surface area contributed by atoms with E-state index >= 15 is 0 Å². The molecule has 1 rings (SSSR count). The fourth-order valence-corrected chi connectivity index (χ4v) is 0.822. The van der Waals surface area contributed by atoms with Gasteiger partial charge >= 0.3 is 0 Å². The minimum Gasteiger partial charge on any atom is -0.213 e. The van der Waals surface area contributed by atoms with Gasteiger partial charge in [0.05, 0.1) is 0 Å². The monoisotopic (exact) mass is 144 g/mol. The van der Waals surface area contributed by atoms with E-state index in [-0.39, 0.29) is 0 Å². The predicted octanol–water partition coefficient (Wildman–Crippen LogP) is 0.259. The minimum atomic E-state index is -0.598. The van der Waals surface area contributed by atoms with E-state index in [0.29, 0.717) is 0 Å². The molecule has 0 aliphatic carbocycles. The van der Waals surface area contributed by atoms with Crippen LogP contribution in [0.25, 0.3) is 0 Å². The van der Waals surface area contributed by atoms with E-state index in [9.17, 15) is 0 Å². The van der Waals surface area contributed by atoms with Gasteiger partial charge in [-0.15, -0.1) is 8.00 Å². The van der Waals surface area contributed by atoms with Gasteiger partial charge in [-0.1, -0.05) is 25.6 Å². The van der Waals surface area contributed by atoms with Crippen molar-refractivity contribution in [3.63, 3.8) is 0 Å². The first-order valence-electron chi connectivity index (χ1n) is 1.21. The lowest BCUT2D eigenvalue weighted by atomic mass is 13.6. The molecule has 1 aliphatic heterocycles. The Kier molecular flexibility index (Phi) is 1.53. The SMILES string of the molecule is SN(S)[SH]1NO1. The molecule has 6 heteroatoms. The first kappa shape index (κ1) is 5.07. The fraction of sp³-hybridized carbons (Fsp3) is 0. The molecule has 3 nitrogen and oxygen atoms in total. The van der Waals surface area contributed by atoms with Crippen molar-refractivity contribution in [1.82, 2.24) is 8.00 Å². The van der Waals surface area contributed by atoms with Crippen LogP contribution in [0.2, 0.25) is 0 Å². The van der Waals surface area contributed by atoms with E-state index in [1.54, 1.807) is 0 Å². The highest BCUT2D eigenvalue weighted by molar-refractivity contribution is 8.25. The maximum absolute atomic E-state index is 4.56. The summed E-state index contributed by atoms with van der Waals surface area (Å²) in [6.45, 7) is 0. The molecule has 6 heavy (non-hydrogen) atoms. The highest BCUT2D eigenvalue weighted by Crippen LogP contribution is 2.41. The third-order valence-electron chi connectivity index (χ3n) is 0.335. The molecular weight excluding hydrogens is 140 g/mol. The van der Waals surface area contributed by atoms with Crippen LogP contribution in [0.4, 0.5) is 0 Å². The van der Waals surface area contributed by atoms with Crippen LogP contribution < -0.4 is 4.89 Å².